The maximum atomic E-state index is 11.9. The van der Waals surface area contributed by atoms with Gasteiger partial charge in [-0.05, 0) is 19.3 Å². The first-order valence-corrected chi connectivity index (χ1v) is 7.13. The molecule has 0 aromatic rings. The first-order chi connectivity index (χ1) is 9.88. The fourth-order valence-corrected chi connectivity index (χ4v) is 3.69. The third-order valence-electron chi connectivity index (χ3n) is 4.92. The highest BCUT2D eigenvalue weighted by Gasteiger charge is 2.71. The molecule has 6 atom stereocenters. The molecule has 21 heavy (non-hydrogen) atoms. The zero-order valence-electron chi connectivity index (χ0n) is 12.7. The number of carbonyl (C=O) groups excluding carboxylic acids is 2. The lowest BCUT2D eigenvalue weighted by Gasteiger charge is -2.40. The van der Waals surface area contributed by atoms with E-state index in [0.717, 1.165) is 6.42 Å². The number of amides is 1. The van der Waals surface area contributed by atoms with Gasteiger partial charge in [0.2, 0.25) is 6.29 Å². The van der Waals surface area contributed by atoms with Gasteiger partial charge in [-0.3, -0.25) is 4.79 Å². The van der Waals surface area contributed by atoms with E-state index in [1.807, 2.05) is 6.92 Å². The summed E-state index contributed by atoms with van der Waals surface area (Å²) in [5.41, 5.74) is -0.366. The molecule has 7 heteroatoms. The number of nitrogens with zero attached hydrogens (tertiary/aromatic N) is 1. The van der Waals surface area contributed by atoms with E-state index >= 15 is 0 Å². The summed E-state index contributed by atoms with van der Waals surface area (Å²) < 4.78 is 21.6. The van der Waals surface area contributed by atoms with Gasteiger partial charge >= 0.3 is 12.1 Å². The van der Waals surface area contributed by atoms with Gasteiger partial charge in [0.15, 0.2) is 0 Å². The van der Waals surface area contributed by atoms with Crippen molar-refractivity contribution in [2.24, 2.45) is 17.8 Å². The summed E-state index contributed by atoms with van der Waals surface area (Å²) in [6.45, 7) is 2.20. The Hall–Kier alpha value is -1.34. The van der Waals surface area contributed by atoms with E-state index in [-0.39, 0.29) is 42.0 Å². The quantitative estimate of drug-likeness (QED) is 0.549. The second kappa shape index (κ2) is 4.84. The maximum absolute atomic E-state index is 11.9. The van der Waals surface area contributed by atoms with Gasteiger partial charge in [0.25, 0.3) is 0 Å². The maximum Gasteiger partial charge on any atom is 0.411 e. The summed E-state index contributed by atoms with van der Waals surface area (Å²) in [6.07, 6.45) is -0.242. The van der Waals surface area contributed by atoms with Crippen molar-refractivity contribution in [3.05, 3.63) is 0 Å². The molecule has 1 saturated carbocycles. The molecule has 3 rings (SSSR count). The van der Waals surface area contributed by atoms with Crippen molar-refractivity contribution in [3.63, 3.8) is 0 Å². The second-order valence-corrected chi connectivity index (χ2v) is 6.33. The molecule has 0 aromatic heterocycles. The molecule has 6 unspecified atom stereocenters. The Morgan fingerprint density at radius 3 is 2.67 bits per heavy atom. The summed E-state index contributed by atoms with van der Waals surface area (Å²) in [5.74, 6) is -0.658. The Morgan fingerprint density at radius 1 is 1.33 bits per heavy atom. The molecule has 0 N–H and O–H groups in total. The first-order valence-electron chi connectivity index (χ1n) is 7.13. The van der Waals surface area contributed by atoms with Gasteiger partial charge in [0.05, 0.1) is 31.7 Å². The molecular weight excluding hydrogens is 278 g/mol. The Labute approximate surface area is 123 Å². The highest BCUT2D eigenvalue weighted by molar-refractivity contribution is 5.73. The highest BCUT2D eigenvalue weighted by atomic mass is 16.7. The molecule has 1 aliphatic carbocycles. The number of rotatable bonds is 2. The van der Waals surface area contributed by atoms with Crippen LogP contribution >= 0.6 is 0 Å². The molecule has 0 radical (unpaired) electrons. The zero-order valence-corrected chi connectivity index (χ0v) is 12.7. The predicted molar refractivity (Wildman–Crippen MR) is 70.3 cm³/mol. The number of carbonyl (C=O) groups is 2. The number of ether oxygens (including phenoxy) is 4. The summed E-state index contributed by atoms with van der Waals surface area (Å²) in [6, 6.07) is 0. The van der Waals surface area contributed by atoms with Crippen molar-refractivity contribution in [1.82, 2.24) is 4.90 Å². The van der Waals surface area contributed by atoms with Crippen LogP contribution in [0, 0.1) is 17.8 Å². The number of methoxy groups -OCH3 is 1. The van der Waals surface area contributed by atoms with Crippen molar-refractivity contribution in [2.45, 2.75) is 31.3 Å². The molecule has 0 spiro atoms. The monoisotopic (exact) mass is 299 g/mol. The van der Waals surface area contributed by atoms with Crippen LogP contribution in [0.2, 0.25) is 0 Å². The summed E-state index contributed by atoms with van der Waals surface area (Å²) in [4.78, 5) is 25.1. The van der Waals surface area contributed by atoms with Crippen LogP contribution in [0.5, 0.6) is 0 Å². The number of esters is 1. The number of hydrogen-bond donors (Lipinski definition) is 0. The fourth-order valence-electron chi connectivity index (χ4n) is 3.69. The van der Waals surface area contributed by atoms with E-state index in [1.54, 1.807) is 14.1 Å². The normalized spacial score (nSPS) is 43.5. The van der Waals surface area contributed by atoms with E-state index in [9.17, 15) is 9.59 Å². The van der Waals surface area contributed by atoms with Gasteiger partial charge in [-0.25, -0.2) is 4.79 Å². The molecule has 0 aromatic carbocycles. The SMILES string of the molecule is COC(=O)C1COC(OC(=O)N(C)C)C2C1CC1OC12C. The summed E-state index contributed by atoms with van der Waals surface area (Å²) in [5, 5.41) is 0. The van der Waals surface area contributed by atoms with Gasteiger partial charge in [0.1, 0.15) is 5.60 Å². The molecule has 3 fully saturated rings. The minimum atomic E-state index is -0.677. The van der Waals surface area contributed by atoms with Gasteiger partial charge < -0.3 is 23.8 Å². The van der Waals surface area contributed by atoms with Crippen LogP contribution in [0.1, 0.15) is 13.3 Å². The lowest BCUT2D eigenvalue weighted by atomic mass is 9.78. The molecular formula is C14H21NO6. The van der Waals surface area contributed by atoms with Crippen LogP contribution in [-0.4, -0.2) is 62.8 Å². The smallest absolute Gasteiger partial charge is 0.411 e. The number of epoxide rings is 1. The lowest BCUT2D eigenvalue weighted by molar-refractivity contribution is -0.216. The van der Waals surface area contributed by atoms with E-state index in [0.29, 0.717) is 0 Å². The largest absolute Gasteiger partial charge is 0.469 e. The van der Waals surface area contributed by atoms with Crippen molar-refractivity contribution in [3.8, 4) is 0 Å². The third-order valence-corrected chi connectivity index (χ3v) is 4.92. The molecule has 1 amide bonds. The highest BCUT2D eigenvalue weighted by Crippen LogP contribution is 2.61. The molecule has 7 nitrogen and oxygen atoms in total. The van der Waals surface area contributed by atoms with Crippen molar-refractivity contribution in [2.75, 3.05) is 27.8 Å². The van der Waals surface area contributed by atoms with E-state index < -0.39 is 12.4 Å². The van der Waals surface area contributed by atoms with Gasteiger partial charge in [-0.15, -0.1) is 0 Å². The van der Waals surface area contributed by atoms with Crippen LogP contribution in [0.4, 0.5) is 4.79 Å². The Morgan fingerprint density at radius 2 is 2.05 bits per heavy atom. The van der Waals surface area contributed by atoms with E-state index in [4.69, 9.17) is 18.9 Å². The van der Waals surface area contributed by atoms with Crippen LogP contribution in [0.3, 0.4) is 0 Å². The second-order valence-electron chi connectivity index (χ2n) is 6.33. The average molecular weight is 299 g/mol. The summed E-state index contributed by atoms with van der Waals surface area (Å²) >= 11 is 0. The molecule has 118 valence electrons. The van der Waals surface area contributed by atoms with E-state index in [1.165, 1.54) is 12.0 Å². The van der Waals surface area contributed by atoms with Crippen molar-refractivity contribution in [1.29, 1.82) is 0 Å². The Bertz CT molecular complexity index is 466. The van der Waals surface area contributed by atoms with Gasteiger partial charge in [-0.1, -0.05) is 0 Å². The molecule has 3 aliphatic rings. The minimum absolute atomic E-state index is 0.0647. The van der Waals surface area contributed by atoms with Crippen molar-refractivity contribution >= 4 is 12.1 Å². The Balaban J connectivity index is 1.79. The number of hydrogen-bond acceptors (Lipinski definition) is 6. The topological polar surface area (TPSA) is 77.6 Å². The van der Waals surface area contributed by atoms with E-state index in [2.05, 4.69) is 0 Å². The van der Waals surface area contributed by atoms with Crippen LogP contribution in [0.15, 0.2) is 0 Å². The molecule has 2 saturated heterocycles. The Kier molecular flexibility index (Phi) is 3.37. The van der Waals surface area contributed by atoms with Crippen LogP contribution in [0.25, 0.3) is 0 Å². The number of fused-ring (bicyclic) bond motifs is 3. The lowest BCUT2D eigenvalue weighted by Crippen LogP contribution is -2.50. The van der Waals surface area contributed by atoms with Crippen LogP contribution in [-0.2, 0) is 23.7 Å². The van der Waals surface area contributed by atoms with Gasteiger partial charge in [-0.2, -0.15) is 0 Å². The predicted octanol–water partition coefficient (Wildman–Crippen LogP) is 0.624. The van der Waals surface area contributed by atoms with Gasteiger partial charge in [0, 0.05) is 14.1 Å². The molecule has 2 heterocycles. The third kappa shape index (κ3) is 2.19. The average Bonchev–Trinajstić information content (AvgIpc) is 3.00. The van der Waals surface area contributed by atoms with Crippen molar-refractivity contribution < 1.29 is 28.5 Å². The minimum Gasteiger partial charge on any atom is -0.469 e. The first kappa shape index (κ1) is 14.6. The standard InChI is InChI=1S/C14H21NO6/c1-14-9(21-14)5-7-8(11(16)18-4)6-19-12(10(7)14)20-13(17)15(2)3/h7-10,12H,5-6H2,1-4H3. The summed E-state index contributed by atoms with van der Waals surface area (Å²) in [7, 11) is 4.61. The fraction of sp³-hybridized carbons (Fsp3) is 0.857. The zero-order chi connectivity index (χ0) is 15.4. The molecule has 2 aliphatic heterocycles. The van der Waals surface area contributed by atoms with Crippen LogP contribution < -0.4 is 0 Å². The molecule has 0 bridgehead atoms.